The highest BCUT2D eigenvalue weighted by Gasteiger charge is 2.25. The topological polar surface area (TPSA) is 3.24 Å². The van der Waals surface area contributed by atoms with Gasteiger partial charge in [0.2, 0.25) is 0 Å². The van der Waals surface area contributed by atoms with Gasteiger partial charge in [0, 0.05) is 5.54 Å². The average molecular weight is 578 g/mol. The number of hydrogen-bond donors (Lipinski definition) is 0. The van der Waals surface area contributed by atoms with Gasteiger partial charge in [0.05, 0.1) is 0 Å². The molecule has 0 bridgehead atoms. The van der Waals surface area contributed by atoms with Crippen molar-refractivity contribution in [3.05, 3.63) is 0 Å². The van der Waals surface area contributed by atoms with Gasteiger partial charge in [0.15, 0.2) is 0 Å². The molecule has 1 nitrogen and oxygen atoms in total. The van der Waals surface area contributed by atoms with E-state index < -0.39 is 0 Å². The average Bonchev–Trinajstić information content (AvgIpc) is 2.96. The molecule has 0 atom stereocenters. The standard InChI is InChI=1S/C40H83N/c1-6-9-12-15-18-21-22-23-24-25-28-31-34-37-40(4,5)41(38-35-32-29-26-19-16-13-10-7-2)39-36-33-30-27-20-17-14-11-8-3/h6-39H2,1-5H3. The predicted octanol–water partition coefficient (Wildman–Crippen LogP) is 14.6. The molecule has 0 aromatic carbocycles. The third kappa shape index (κ3) is 29.8. The van der Waals surface area contributed by atoms with Crippen LogP contribution in [-0.2, 0) is 0 Å². The number of hydrogen-bond acceptors (Lipinski definition) is 1. The summed E-state index contributed by atoms with van der Waals surface area (Å²) in [7, 11) is 0. The van der Waals surface area contributed by atoms with E-state index in [0.717, 1.165) is 0 Å². The van der Waals surface area contributed by atoms with Crippen molar-refractivity contribution in [3.63, 3.8) is 0 Å². The van der Waals surface area contributed by atoms with Crippen molar-refractivity contribution in [1.29, 1.82) is 0 Å². The lowest BCUT2D eigenvalue weighted by atomic mass is 9.92. The molecule has 0 N–H and O–H groups in total. The molecule has 248 valence electrons. The Morgan fingerprint density at radius 2 is 0.512 bits per heavy atom. The molecular weight excluding hydrogens is 494 g/mol. The van der Waals surface area contributed by atoms with Crippen LogP contribution in [-0.4, -0.2) is 23.5 Å². The van der Waals surface area contributed by atoms with Gasteiger partial charge in [0.1, 0.15) is 0 Å². The highest BCUT2D eigenvalue weighted by Crippen LogP contribution is 2.25. The second kappa shape index (κ2) is 32.9. The normalized spacial score (nSPS) is 12.1. The maximum absolute atomic E-state index is 2.91. The highest BCUT2D eigenvalue weighted by atomic mass is 15.2. The monoisotopic (exact) mass is 578 g/mol. The SMILES string of the molecule is CCCCCCCCCCCCCCCC(C)(C)N(CCCCCCCCCCC)CCCCCCCCCCC. The minimum absolute atomic E-state index is 0.373. The number of nitrogens with zero attached hydrogens (tertiary/aromatic N) is 1. The van der Waals surface area contributed by atoms with Crippen LogP contribution in [0, 0.1) is 0 Å². The van der Waals surface area contributed by atoms with E-state index in [1.54, 1.807) is 0 Å². The van der Waals surface area contributed by atoms with Gasteiger partial charge in [-0.1, -0.05) is 207 Å². The molecule has 0 radical (unpaired) electrons. The molecule has 0 aromatic heterocycles. The summed E-state index contributed by atoms with van der Waals surface area (Å²) in [4.78, 5) is 2.91. The molecule has 0 fully saturated rings. The van der Waals surface area contributed by atoms with Gasteiger partial charge in [-0.15, -0.1) is 0 Å². The van der Waals surface area contributed by atoms with E-state index in [4.69, 9.17) is 0 Å². The molecule has 0 aliphatic heterocycles. The van der Waals surface area contributed by atoms with Gasteiger partial charge in [-0.2, -0.15) is 0 Å². The van der Waals surface area contributed by atoms with Crippen LogP contribution in [0.25, 0.3) is 0 Å². The van der Waals surface area contributed by atoms with Gasteiger partial charge in [-0.05, 0) is 46.2 Å². The fourth-order valence-electron chi connectivity index (χ4n) is 6.68. The van der Waals surface area contributed by atoms with E-state index in [2.05, 4.69) is 39.5 Å². The van der Waals surface area contributed by atoms with Gasteiger partial charge in [-0.25, -0.2) is 0 Å². The summed E-state index contributed by atoms with van der Waals surface area (Å²) in [6.45, 7) is 14.7. The van der Waals surface area contributed by atoms with Gasteiger partial charge < -0.3 is 0 Å². The molecule has 0 aliphatic rings. The first-order valence-corrected chi connectivity index (χ1v) is 19.8. The fourth-order valence-corrected chi connectivity index (χ4v) is 6.68. The molecule has 0 rings (SSSR count). The predicted molar refractivity (Wildman–Crippen MR) is 190 cm³/mol. The lowest BCUT2D eigenvalue weighted by molar-refractivity contribution is 0.102. The van der Waals surface area contributed by atoms with Crippen LogP contribution in [0.3, 0.4) is 0 Å². The molecule has 0 aliphatic carbocycles. The van der Waals surface area contributed by atoms with E-state index in [0.29, 0.717) is 5.54 Å². The summed E-state index contributed by atoms with van der Waals surface area (Å²) in [6, 6.07) is 0. The largest absolute Gasteiger partial charge is 0.298 e. The zero-order valence-electron chi connectivity index (χ0n) is 30.0. The van der Waals surface area contributed by atoms with Crippen LogP contribution < -0.4 is 0 Å². The smallest absolute Gasteiger partial charge is 0.0153 e. The van der Waals surface area contributed by atoms with Gasteiger partial charge in [0.25, 0.3) is 0 Å². The maximum Gasteiger partial charge on any atom is 0.0153 e. The van der Waals surface area contributed by atoms with Crippen LogP contribution >= 0.6 is 0 Å². The van der Waals surface area contributed by atoms with Crippen molar-refractivity contribution in [2.75, 3.05) is 13.1 Å². The van der Waals surface area contributed by atoms with E-state index in [9.17, 15) is 0 Å². The van der Waals surface area contributed by atoms with E-state index in [1.165, 1.54) is 219 Å². The Bertz CT molecular complexity index is 447. The Kier molecular flexibility index (Phi) is 32.8. The molecule has 0 spiro atoms. The molecule has 0 unspecified atom stereocenters. The summed E-state index contributed by atoms with van der Waals surface area (Å²) >= 11 is 0. The third-order valence-electron chi connectivity index (χ3n) is 9.81. The Morgan fingerprint density at radius 3 is 0.780 bits per heavy atom. The van der Waals surface area contributed by atoms with Crippen LogP contribution in [0.2, 0.25) is 0 Å². The first-order valence-electron chi connectivity index (χ1n) is 19.8. The lowest BCUT2D eigenvalue weighted by Gasteiger charge is -2.39. The Hall–Kier alpha value is -0.0400. The maximum atomic E-state index is 2.91. The van der Waals surface area contributed by atoms with Crippen LogP contribution in [0.4, 0.5) is 0 Å². The van der Waals surface area contributed by atoms with E-state index >= 15 is 0 Å². The Labute approximate surface area is 263 Å². The van der Waals surface area contributed by atoms with Crippen LogP contribution in [0.1, 0.15) is 240 Å². The second-order valence-electron chi connectivity index (χ2n) is 14.4. The lowest BCUT2D eigenvalue weighted by Crippen LogP contribution is -2.45. The van der Waals surface area contributed by atoms with Crippen molar-refractivity contribution in [1.82, 2.24) is 4.90 Å². The minimum atomic E-state index is 0.373. The van der Waals surface area contributed by atoms with E-state index in [1.807, 2.05) is 0 Å². The molecule has 0 saturated carbocycles. The number of unbranched alkanes of at least 4 members (excludes halogenated alkanes) is 28. The van der Waals surface area contributed by atoms with Crippen molar-refractivity contribution < 1.29 is 0 Å². The molecule has 0 amide bonds. The minimum Gasteiger partial charge on any atom is -0.298 e. The summed E-state index contributed by atoms with van der Waals surface area (Å²) < 4.78 is 0. The highest BCUT2D eigenvalue weighted by molar-refractivity contribution is 4.81. The molecule has 41 heavy (non-hydrogen) atoms. The molecular formula is C40H83N. The Morgan fingerprint density at radius 1 is 0.293 bits per heavy atom. The first kappa shape index (κ1) is 41.0. The summed E-state index contributed by atoms with van der Waals surface area (Å²) in [5.41, 5.74) is 0.373. The zero-order valence-corrected chi connectivity index (χ0v) is 30.0. The van der Waals surface area contributed by atoms with E-state index in [-0.39, 0.29) is 0 Å². The molecule has 0 aromatic rings. The van der Waals surface area contributed by atoms with Gasteiger partial charge in [-0.3, -0.25) is 4.90 Å². The molecule has 0 heterocycles. The van der Waals surface area contributed by atoms with Crippen molar-refractivity contribution in [2.45, 2.75) is 246 Å². The third-order valence-corrected chi connectivity index (χ3v) is 9.81. The van der Waals surface area contributed by atoms with Crippen LogP contribution in [0.15, 0.2) is 0 Å². The molecule has 0 saturated heterocycles. The van der Waals surface area contributed by atoms with Crippen molar-refractivity contribution >= 4 is 0 Å². The quantitative estimate of drug-likeness (QED) is 0.0677. The summed E-state index contributed by atoms with van der Waals surface area (Å²) in [5, 5.41) is 0. The van der Waals surface area contributed by atoms with Crippen LogP contribution in [0.5, 0.6) is 0 Å². The fraction of sp³-hybridized carbons (Fsp3) is 1.00. The van der Waals surface area contributed by atoms with Crippen molar-refractivity contribution in [2.24, 2.45) is 0 Å². The van der Waals surface area contributed by atoms with Gasteiger partial charge >= 0.3 is 0 Å². The Balaban J connectivity index is 4.16. The zero-order chi connectivity index (χ0) is 30.1. The summed E-state index contributed by atoms with van der Waals surface area (Å²) in [6.07, 6.45) is 46.2. The van der Waals surface area contributed by atoms with Crippen molar-refractivity contribution in [3.8, 4) is 0 Å². The molecule has 1 heteroatoms. The number of rotatable bonds is 35. The first-order chi connectivity index (χ1) is 20.1. The summed E-state index contributed by atoms with van der Waals surface area (Å²) in [5.74, 6) is 0. The second-order valence-corrected chi connectivity index (χ2v) is 14.4.